The number of aromatic nitrogens is 3. The summed E-state index contributed by atoms with van der Waals surface area (Å²) in [5.74, 6) is 1.91. The van der Waals surface area contributed by atoms with Gasteiger partial charge in [-0.1, -0.05) is 47.7 Å². The number of carbonyl (C=O) groups is 1. The lowest BCUT2D eigenvalue weighted by Gasteiger charge is -2.08. The molecule has 0 atom stereocenters. The van der Waals surface area contributed by atoms with Crippen LogP contribution in [0.3, 0.4) is 0 Å². The molecule has 0 aliphatic heterocycles. The van der Waals surface area contributed by atoms with Crippen LogP contribution in [-0.4, -0.2) is 20.7 Å². The Balaban J connectivity index is 1.73. The monoisotopic (exact) mass is 367 g/mol. The summed E-state index contributed by atoms with van der Waals surface area (Å²) < 4.78 is 7.19. The number of thioether (sulfide) groups is 1. The molecule has 1 heterocycles. The Morgan fingerprint density at radius 3 is 2.58 bits per heavy atom. The van der Waals surface area contributed by atoms with E-state index in [0.29, 0.717) is 5.75 Å². The molecule has 3 aromatic rings. The third kappa shape index (κ3) is 4.32. The van der Waals surface area contributed by atoms with Gasteiger partial charge in [0, 0.05) is 24.8 Å². The lowest BCUT2D eigenvalue weighted by atomic mass is 10.1. The topological polar surface area (TPSA) is 57.0 Å². The van der Waals surface area contributed by atoms with E-state index in [1.807, 2.05) is 18.2 Å². The van der Waals surface area contributed by atoms with Crippen molar-refractivity contribution in [3.05, 3.63) is 59.7 Å². The molecule has 0 radical (unpaired) electrons. The van der Waals surface area contributed by atoms with E-state index >= 15 is 0 Å². The molecule has 5 nitrogen and oxygen atoms in total. The van der Waals surface area contributed by atoms with Gasteiger partial charge in [0.1, 0.15) is 5.75 Å². The van der Waals surface area contributed by atoms with Gasteiger partial charge in [0.25, 0.3) is 0 Å². The quantitative estimate of drug-likeness (QED) is 0.365. The van der Waals surface area contributed by atoms with Gasteiger partial charge in [0.2, 0.25) is 0 Å². The number of benzene rings is 2. The second kappa shape index (κ2) is 8.19. The maximum atomic E-state index is 11.0. The molecule has 0 fully saturated rings. The first-order valence-electron chi connectivity index (χ1n) is 8.47. The summed E-state index contributed by atoms with van der Waals surface area (Å²) in [6, 6.07) is 15.8. The van der Waals surface area contributed by atoms with E-state index in [-0.39, 0.29) is 5.97 Å². The molecule has 2 aromatic carbocycles. The highest BCUT2D eigenvalue weighted by atomic mass is 32.2. The molecule has 3 rings (SSSR count). The van der Waals surface area contributed by atoms with Crippen molar-refractivity contribution in [2.24, 2.45) is 0 Å². The van der Waals surface area contributed by atoms with E-state index in [1.165, 1.54) is 12.5 Å². The van der Waals surface area contributed by atoms with Gasteiger partial charge in [-0.25, -0.2) is 0 Å². The molecule has 0 saturated carbocycles. The normalized spacial score (nSPS) is 10.7. The maximum Gasteiger partial charge on any atom is 0.308 e. The summed E-state index contributed by atoms with van der Waals surface area (Å²) >= 11 is 1.65. The molecule has 0 bridgehead atoms. The van der Waals surface area contributed by atoms with Crippen LogP contribution >= 0.6 is 11.8 Å². The third-order valence-electron chi connectivity index (χ3n) is 3.86. The molecule has 0 spiro atoms. The minimum absolute atomic E-state index is 0.313. The van der Waals surface area contributed by atoms with Crippen LogP contribution in [0.25, 0.3) is 11.4 Å². The van der Waals surface area contributed by atoms with Crippen molar-refractivity contribution in [3.8, 4) is 17.1 Å². The fourth-order valence-electron chi connectivity index (χ4n) is 2.65. The predicted molar refractivity (Wildman–Crippen MR) is 103 cm³/mol. The van der Waals surface area contributed by atoms with Gasteiger partial charge in [-0.3, -0.25) is 4.79 Å². The zero-order chi connectivity index (χ0) is 18.5. The number of esters is 1. The first-order chi connectivity index (χ1) is 12.6. The number of carbonyl (C=O) groups excluding carboxylic acids is 1. The highest BCUT2D eigenvalue weighted by Gasteiger charge is 2.13. The average molecular weight is 367 g/mol. The summed E-state index contributed by atoms with van der Waals surface area (Å²) in [4.78, 5) is 11.0. The number of rotatable bonds is 6. The highest BCUT2D eigenvalue weighted by molar-refractivity contribution is 7.98. The Bertz CT molecular complexity index is 904. The van der Waals surface area contributed by atoms with Crippen LogP contribution in [0.4, 0.5) is 0 Å². The molecule has 0 unspecified atom stereocenters. The maximum absolute atomic E-state index is 11.0. The summed E-state index contributed by atoms with van der Waals surface area (Å²) in [5.41, 5.74) is 3.42. The highest BCUT2D eigenvalue weighted by Crippen LogP contribution is 2.27. The summed E-state index contributed by atoms with van der Waals surface area (Å²) in [7, 11) is 0. The van der Waals surface area contributed by atoms with Crippen LogP contribution in [-0.2, 0) is 17.1 Å². The van der Waals surface area contributed by atoms with E-state index in [0.717, 1.165) is 34.4 Å². The van der Waals surface area contributed by atoms with Gasteiger partial charge in [0.15, 0.2) is 11.0 Å². The van der Waals surface area contributed by atoms with Crippen molar-refractivity contribution in [1.29, 1.82) is 0 Å². The smallest absolute Gasteiger partial charge is 0.308 e. The van der Waals surface area contributed by atoms with Crippen molar-refractivity contribution < 1.29 is 9.53 Å². The summed E-state index contributed by atoms with van der Waals surface area (Å²) in [6.07, 6.45) is 0. The minimum atomic E-state index is -0.313. The Kier molecular flexibility index (Phi) is 5.73. The van der Waals surface area contributed by atoms with Gasteiger partial charge in [-0.05, 0) is 37.6 Å². The van der Waals surface area contributed by atoms with Crippen LogP contribution in [0.5, 0.6) is 5.75 Å². The second-order valence-electron chi connectivity index (χ2n) is 5.95. The van der Waals surface area contributed by atoms with Crippen LogP contribution in [0, 0.1) is 6.92 Å². The first-order valence-corrected chi connectivity index (χ1v) is 9.45. The van der Waals surface area contributed by atoms with Gasteiger partial charge >= 0.3 is 5.97 Å². The second-order valence-corrected chi connectivity index (χ2v) is 6.89. The Hall–Kier alpha value is -2.60. The zero-order valence-electron chi connectivity index (χ0n) is 15.1. The molecular formula is C20H21N3O2S. The molecule has 1 aromatic heterocycles. The van der Waals surface area contributed by atoms with E-state index in [1.54, 1.807) is 23.9 Å². The van der Waals surface area contributed by atoms with Crippen LogP contribution in [0.15, 0.2) is 53.7 Å². The van der Waals surface area contributed by atoms with Gasteiger partial charge < -0.3 is 9.30 Å². The molecule has 26 heavy (non-hydrogen) atoms. The standard InChI is InChI=1S/C20H21N3O2S/c1-4-23-19(17-7-5-6-14(2)12-17)21-22-20(23)26-13-16-8-10-18(11-9-16)25-15(3)24/h5-12H,4,13H2,1-3H3. The molecule has 0 aliphatic carbocycles. The minimum Gasteiger partial charge on any atom is -0.427 e. The van der Waals surface area contributed by atoms with Crippen molar-refractivity contribution in [1.82, 2.24) is 14.8 Å². The molecule has 0 amide bonds. The molecule has 134 valence electrons. The predicted octanol–water partition coefficient (Wildman–Crippen LogP) is 4.49. The van der Waals surface area contributed by atoms with Crippen LogP contribution in [0.2, 0.25) is 0 Å². The SMILES string of the molecule is CCn1c(SCc2ccc(OC(C)=O)cc2)nnc1-c1cccc(C)c1. The lowest BCUT2D eigenvalue weighted by Crippen LogP contribution is -2.01. The van der Waals surface area contributed by atoms with Crippen molar-refractivity contribution in [2.75, 3.05) is 0 Å². The Labute approximate surface area is 157 Å². The van der Waals surface area contributed by atoms with E-state index in [2.05, 4.69) is 46.8 Å². The number of hydrogen-bond acceptors (Lipinski definition) is 5. The van der Waals surface area contributed by atoms with E-state index in [9.17, 15) is 4.79 Å². The lowest BCUT2D eigenvalue weighted by molar-refractivity contribution is -0.131. The Morgan fingerprint density at radius 1 is 1.15 bits per heavy atom. The zero-order valence-corrected chi connectivity index (χ0v) is 15.9. The Morgan fingerprint density at radius 2 is 1.92 bits per heavy atom. The molecule has 6 heteroatoms. The number of ether oxygens (including phenoxy) is 1. The fourth-order valence-corrected chi connectivity index (χ4v) is 3.60. The molecule has 0 N–H and O–H groups in total. The molecule has 0 aliphatic rings. The largest absolute Gasteiger partial charge is 0.427 e. The number of hydrogen-bond donors (Lipinski definition) is 0. The average Bonchev–Trinajstić information content (AvgIpc) is 3.03. The van der Waals surface area contributed by atoms with E-state index in [4.69, 9.17) is 4.74 Å². The van der Waals surface area contributed by atoms with Gasteiger partial charge in [-0.15, -0.1) is 10.2 Å². The summed E-state index contributed by atoms with van der Waals surface area (Å²) in [6.45, 7) is 6.38. The van der Waals surface area contributed by atoms with Crippen molar-refractivity contribution in [2.45, 2.75) is 38.2 Å². The third-order valence-corrected chi connectivity index (χ3v) is 4.90. The fraction of sp³-hybridized carbons (Fsp3) is 0.250. The van der Waals surface area contributed by atoms with Crippen molar-refractivity contribution in [3.63, 3.8) is 0 Å². The first kappa shape index (κ1) is 18.2. The van der Waals surface area contributed by atoms with Crippen molar-refractivity contribution >= 4 is 17.7 Å². The van der Waals surface area contributed by atoms with E-state index < -0.39 is 0 Å². The number of nitrogens with zero attached hydrogens (tertiary/aromatic N) is 3. The van der Waals surface area contributed by atoms with Gasteiger partial charge in [0.05, 0.1) is 0 Å². The molecule has 0 saturated heterocycles. The number of aryl methyl sites for hydroxylation is 1. The summed E-state index contributed by atoms with van der Waals surface area (Å²) in [5, 5.41) is 9.66. The molecular weight excluding hydrogens is 346 g/mol. The van der Waals surface area contributed by atoms with Gasteiger partial charge in [-0.2, -0.15) is 0 Å². The van der Waals surface area contributed by atoms with Crippen LogP contribution < -0.4 is 4.74 Å². The van der Waals surface area contributed by atoms with Crippen LogP contribution in [0.1, 0.15) is 25.0 Å².